The number of unbranched alkanes of at least 4 members (excludes halogenated alkanes) is 1. The van der Waals surface area contributed by atoms with Crippen molar-refractivity contribution < 1.29 is 52.1 Å². The molecule has 0 heterocycles. The maximum absolute atomic E-state index is 11.5. The summed E-state index contributed by atoms with van der Waals surface area (Å²) in [4.78, 5) is 11.5. The Balaban J connectivity index is 0.00000324. The standard InChI is InChI=1S/C11H15NO5S.Na/c1-2-3-8-17-11(13)9-4-6-10(7-5-9)12-18(14,15)16;/h4-7,12H,2-3,8H2,1H3,(H,14,15,16);/q;+1/p-1. The largest absolute Gasteiger partial charge is 1.00 e. The quantitative estimate of drug-likeness (QED) is 0.299. The molecule has 1 rings (SSSR count). The number of nitrogens with one attached hydrogen (secondary N) is 1. The van der Waals surface area contributed by atoms with Gasteiger partial charge in [0.2, 0.25) is 0 Å². The van der Waals surface area contributed by atoms with E-state index in [4.69, 9.17) is 4.74 Å². The summed E-state index contributed by atoms with van der Waals surface area (Å²) >= 11 is 0. The Morgan fingerprint density at radius 1 is 1.32 bits per heavy atom. The van der Waals surface area contributed by atoms with Crippen LogP contribution in [-0.2, 0) is 15.0 Å². The molecule has 0 saturated carbocycles. The van der Waals surface area contributed by atoms with Crippen LogP contribution in [0.2, 0.25) is 0 Å². The van der Waals surface area contributed by atoms with Crippen LogP contribution in [0.4, 0.5) is 5.69 Å². The van der Waals surface area contributed by atoms with E-state index in [0.717, 1.165) is 12.8 Å². The van der Waals surface area contributed by atoms with E-state index in [1.54, 1.807) is 4.72 Å². The summed E-state index contributed by atoms with van der Waals surface area (Å²) in [5, 5.41) is 0. The molecule has 0 atom stereocenters. The monoisotopic (exact) mass is 295 g/mol. The molecule has 0 radical (unpaired) electrons. The van der Waals surface area contributed by atoms with Crippen molar-refractivity contribution in [2.45, 2.75) is 19.8 Å². The summed E-state index contributed by atoms with van der Waals surface area (Å²) in [5.41, 5.74) is 0.412. The van der Waals surface area contributed by atoms with E-state index in [1.165, 1.54) is 24.3 Å². The molecule has 0 fully saturated rings. The Labute approximate surface area is 134 Å². The van der Waals surface area contributed by atoms with Crippen LogP contribution in [0.5, 0.6) is 0 Å². The molecule has 0 amide bonds. The number of benzene rings is 1. The number of carbonyl (C=O) groups is 1. The van der Waals surface area contributed by atoms with Crippen molar-refractivity contribution in [1.29, 1.82) is 0 Å². The molecular formula is C11H14NNaO5S. The van der Waals surface area contributed by atoms with Gasteiger partial charge in [-0.3, -0.25) is 4.72 Å². The van der Waals surface area contributed by atoms with Crippen molar-refractivity contribution in [2.75, 3.05) is 11.3 Å². The van der Waals surface area contributed by atoms with E-state index in [0.29, 0.717) is 12.2 Å². The minimum absolute atomic E-state index is 0. The summed E-state index contributed by atoms with van der Waals surface area (Å²) in [6.45, 7) is 2.34. The van der Waals surface area contributed by atoms with Crippen molar-refractivity contribution in [2.24, 2.45) is 0 Å². The summed E-state index contributed by atoms with van der Waals surface area (Å²) in [7, 11) is -4.54. The van der Waals surface area contributed by atoms with Crippen molar-refractivity contribution in [1.82, 2.24) is 0 Å². The third-order valence-electron chi connectivity index (χ3n) is 2.09. The molecule has 19 heavy (non-hydrogen) atoms. The van der Waals surface area contributed by atoms with Gasteiger partial charge in [0.05, 0.1) is 12.2 Å². The Morgan fingerprint density at radius 3 is 2.37 bits per heavy atom. The van der Waals surface area contributed by atoms with Gasteiger partial charge in [-0.2, -0.15) is 0 Å². The molecule has 0 aliphatic carbocycles. The summed E-state index contributed by atoms with van der Waals surface area (Å²) in [6.07, 6.45) is 1.72. The maximum Gasteiger partial charge on any atom is 1.00 e. The van der Waals surface area contributed by atoms with E-state index in [2.05, 4.69) is 0 Å². The first-order chi connectivity index (χ1) is 8.42. The van der Waals surface area contributed by atoms with Gasteiger partial charge in [-0.25, -0.2) is 13.2 Å². The molecule has 0 saturated heterocycles. The van der Waals surface area contributed by atoms with Crippen LogP contribution in [0.15, 0.2) is 24.3 Å². The molecule has 0 bridgehead atoms. The topological polar surface area (TPSA) is 95.5 Å². The average molecular weight is 295 g/mol. The Morgan fingerprint density at radius 2 is 1.89 bits per heavy atom. The number of ether oxygens (including phenoxy) is 1. The molecule has 0 aliphatic rings. The second kappa shape index (κ2) is 8.55. The van der Waals surface area contributed by atoms with Gasteiger partial charge in [-0.1, -0.05) is 13.3 Å². The normalized spacial score (nSPS) is 10.4. The third-order valence-corrected chi connectivity index (χ3v) is 2.58. The van der Waals surface area contributed by atoms with Gasteiger partial charge >= 0.3 is 35.5 Å². The predicted molar refractivity (Wildman–Crippen MR) is 65.0 cm³/mol. The third kappa shape index (κ3) is 7.54. The fourth-order valence-electron chi connectivity index (χ4n) is 1.21. The first kappa shape index (κ1) is 18.4. The molecule has 1 aromatic carbocycles. The van der Waals surface area contributed by atoms with E-state index in [1.807, 2.05) is 6.92 Å². The van der Waals surface area contributed by atoms with Gasteiger partial charge in [0.1, 0.15) is 0 Å². The number of esters is 1. The summed E-state index contributed by atoms with van der Waals surface area (Å²) in [5.74, 6) is -0.472. The van der Waals surface area contributed by atoms with Gasteiger partial charge in [0.15, 0.2) is 10.3 Å². The maximum atomic E-state index is 11.5. The Hall–Kier alpha value is -0.600. The predicted octanol–water partition coefficient (Wildman–Crippen LogP) is -1.48. The zero-order valence-electron chi connectivity index (χ0n) is 10.9. The molecule has 100 valence electrons. The second-order valence-corrected chi connectivity index (χ2v) is 4.74. The van der Waals surface area contributed by atoms with Gasteiger partial charge < -0.3 is 9.29 Å². The average Bonchev–Trinajstić information content (AvgIpc) is 2.28. The number of hydrogen-bond donors (Lipinski definition) is 1. The molecule has 1 N–H and O–H groups in total. The van der Waals surface area contributed by atoms with Crippen LogP contribution in [0, 0.1) is 0 Å². The van der Waals surface area contributed by atoms with E-state index in [9.17, 15) is 17.8 Å². The van der Waals surface area contributed by atoms with Crippen LogP contribution in [0.25, 0.3) is 0 Å². The number of hydrogen-bond acceptors (Lipinski definition) is 5. The number of rotatable bonds is 6. The zero-order valence-corrected chi connectivity index (χ0v) is 13.7. The fourth-order valence-corrected chi connectivity index (χ4v) is 1.64. The molecule has 6 nitrogen and oxygen atoms in total. The molecular weight excluding hydrogens is 281 g/mol. The van der Waals surface area contributed by atoms with Crippen LogP contribution in [-0.4, -0.2) is 25.5 Å². The number of carbonyl (C=O) groups excluding carboxylic acids is 1. The first-order valence-corrected chi connectivity index (χ1v) is 6.84. The first-order valence-electron chi connectivity index (χ1n) is 5.43. The fraction of sp³-hybridized carbons (Fsp3) is 0.364. The van der Waals surface area contributed by atoms with Crippen LogP contribution in [0.3, 0.4) is 0 Å². The summed E-state index contributed by atoms with van der Waals surface area (Å²) < 4.78 is 38.0. The number of anilines is 1. The van der Waals surface area contributed by atoms with Crippen LogP contribution < -0.4 is 34.3 Å². The molecule has 0 aromatic heterocycles. The van der Waals surface area contributed by atoms with Crippen LogP contribution >= 0.6 is 0 Å². The van der Waals surface area contributed by atoms with E-state index < -0.39 is 16.3 Å². The minimum atomic E-state index is -4.54. The summed E-state index contributed by atoms with van der Waals surface area (Å²) in [6, 6.07) is 5.43. The van der Waals surface area contributed by atoms with E-state index >= 15 is 0 Å². The molecule has 0 aliphatic heterocycles. The van der Waals surface area contributed by atoms with Gasteiger partial charge in [0.25, 0.3) is 0 Å². The minimum Gasteiger partial charge on any atom is -0.731 e. The van der Waals surface area contributed by atoms with Gasteiger partial charge in [0, 0.05) is 5.69 Å². The Bertz CT molecular complexity index is 500. The van der Waals surface area contributed by atoms with E-state index in [-0.39, 0.29) is 35.2 Å². The van der Waals surface area contributed by atoms with Gasteiger partial charge in [-0.15, -0.1) is 0 Å². The van der Waals surface area contributed by atoms with Crippen molar-refractivity contribution in [3.8, 4) is 0 Å². The molecule has 1 aromatic rings. The Kier molecular flexibility index (Phi) is 8.28. The van der Waals surface area contributed by atoms with Crippen molar-refractivity contribution in [3.05, 3.63) is 29.8 Å². The smallest absolute Gasteiger partial charge is 0.731 e. The molecule has 8 heteroatoms. The zero-order chi connectivity index (χ0) is 13.6. The SMILES string of the molecule is CCCCOC(=O)c1ccc(NS(=O)(=O)[O-])cc1.[Na+]. The second-order valence-electron chi connectivity index (χ2n) is 3.62. The van der Waals surface area contributed by atoms with Crippen molar-refractivity contribution >= 4 is 22.0 Å². The molecule has 0 unspecified atom stereocenters. The van der Waals surface area contributed by atoms with Crippen LogP contribution in [0.1, 0.15) is 30.1 Å². The van der Waals surface area contributed by atoms with Gasteiger partial charge in [-0.05, 0) is 30.7 Å². The van der Waals surface area contributed by atoms with Crippen molar-refractivity contribution in [3.63, 3.8) is 0 Å². The molecule has 0 spiro atoms.